The summed E-state index contributed by atoms with van der Waals surface area (Å²) in [6, 6.07) is 5.98. The fraction of sp³-hybridized carbons (Fsp3) is 0.526. The summed E-state index contributed by atoms with van der Waals surface area (Å²) < 4.78 is 46.5. The molecular formula is C19H20F3N5O. The molecule has 3 aromatic rings. The Bertz CT molecular complexity index is 1040. The summed E-state index contributed by atoms with van der Waals surface area (Å²) in [5, 5.41) is 3.70. The predicted octanol–water partition coefficient (Wildman–Crippen LogP) is 4.34. The zero-order chi connectivity index (χ0) is 19.6. The van der Waals surface area contributed by atoms with Crippen LogP contribution in [0.25, 0.3) is 5.78 Å². The zero-order valence-corrected chi connectivity index (χ0v) is 15.6. The molecule has 2 saturated carbocycles. The molecule has 0 spiro atoms. The van der Waals surface area contributed by atoms with Crippen LogP contribution in [0.4, 0.5) is 19.0 Å². The highest BCUT2D eigenvalue weighted by Crippen LogP contribution is 2.47. The van der Waals surface area contributed by atoms with Crippen molar-refractivity contribution in [3.63, 3.8) is 0 Å². The van der Waals surface area contributed by atoms with Gasteiger partial charge in [0, 0.05) is 23.7 Å². The van der Waals surface area contributed by atoms with E-state index in [-0.39, 0.29) is 11.8 Å². The van der Waals surface area contributed by atoms with Gasteiger partial charge >= 0.3 is 6.18 Å². The lowest BCUT2D eigenvalue weighted by Crippen LogP contribution is -2.27. The second-order valence-corrected chi connectivity index (χ2v) is 7.88. The van der Waals surface area contributed by atoms with Crippen molar-refractivity contribution in [3.8, 4) is 0 Å². The van der Waals surface area contributed by atoms with E-state index >= 15 is 0 Å². The summed E-state index contributed by atoms with van der Waals surface area (Å²) in [5.74, 6) is 2.28. The third-order valence-electron chi connectivity index (χ3n) is 5.44. The molecule has 5 rings (SSSR count). The van der Waals surface area contributed by atoms with E-state index in [4.69, 9.17) is 4.42 Å². The minimum absolute atomic E-state index is 0.0417. The molecular weight excluding hydrogens is 371 g/mol. The number of halogens is 3. The van der Waals surface area contributed by atoms with E-state index in [1.807, 2.05) is 12.1 Å². The topological polar surface area (TPSA) is 59.5 Å². The smallest absolute Gasteiger partial charge is 0.453 e. The number of alkyl halides is 3. The quantitative estimate of drug-likeness (QED) is 0.648. The van der Waals surface area contributed by atoms with Gasteiger partial charge in [-0.25, -0.2) is 4.98 Å². The van der Waals surface area contributed by atoms with Gasteiger partial charge in [0.05, 0.1) is 6.54 Å². The van der Waals surface area contributed by atoms with Gasteiger partial charge in [-0.05, 0) is 44.2 Å². The highest BCUT2D eigenvalue weighted by Gasteiger charge is 2.39. The Morgan fingerprint density at radius 3 is 2.64 bits per heavy atom. The molecule has 0 unspecified atom stereocenters. The molecule has 0 aliphatic heterocycles. The number of hydrogen-bond acceptors (Lipinski definition) is 5. The first kappa shape index (κ1) is 17.5. The molecule has 3 heterocycles. The van der Waals surface area contributed by atoms with E-state index in [0.29, 0.717) is 29.9 Å². The van der Waals surface area contributed by atoms with Crippen LogP contribution in [-0.2, 0) is 12.7 Å². The minimum Gasteiger partial charge on any atom is -0.464 e. The van der Waals surface area contributed by atoms with Gasteiger partial charge < -0.3 is 9.32 Å². The lowest BCUT2D eigenvalue weighted by Gasteiger charge is -2.24. The monoisotopic (exact) mass is 391 g/mol. The summed E-state index contributed by atoms with van der Waals surface area (Å²) in [7, 11) is 0. The van der Waals surface area contributed by atoms with Crippen molar-refractivity contribution in [2.75, 3.05) is 4.90 Å². The molecule has 9 heteroatoms. The van der Waals surface area contributed by atoms with Gasteiger partial charge in [0.25, 0.3) is 11.6 Å². The number of aryl methyl sites for hydroxylation is 1. The van der Waals surface area contributed by atoms with Crippen LogP contribution in [0.2, 0.25) is 0 Å². The lowest BCUT2D eigenvalue weighted by atomic mass is 10.3. The number of anilines is 1. The van der Waals surface area contributed by atoms with Crippen molar-refractivity contribution in [1.29, 1.82) is 0 Å². The fourth-order valence-electron chi connectivity index (χ4n) is 3.64. The van der Waals surface area contributed by atoms with E-state index in [2.05, 4.69) is 26.9 Å². The Balaban J connectivity index is 1.52. The Hall–Kier alpha value is -2.58. The Kier molecular flexibility index (Phi) is 3.73. The summed E-state index contributed by atoms with van der Waals surface area (Å²) >= 11 is 0. The van der Waals surface area contributed by atoms with Crippen molar-refractivity contribution in [2.24, 2.45) is 5.92 Å². The van der Waals surface area contributed by atoms with Crippen molar-refractivity contribution >= 4 is 11.6 Å². The van der Waals surface area contributed by atoms with E-state index in [1.54, 1.807) is 13.0 Å². The minimum atomic E-state index is -4.61. The molecule has 0 N–H and O–H groups in total. The standard InChI is InChI=1S/C19H20F3N5O/c1-10-7-14(10)15-6-5-13(28-15)9-26(12-3-4-12)16-8-11(2)23-18-24-17(19(20,21)22)25-27(16)18/h5-6,8,10,12,14H,3-4,7,9H2,1-2H3/t10-,14+/m0/s1. The maximum Gasteiger partial charge on any atom is 0.453 e. The van der Waals surface area contributed by atoms with Crippen LogP contribution in [0, 0.1) is 12.8 Å². The second-order valence-electron chi connectivity index (χ2n) is 7.88. The van der Waals surface area contributed by atoms with Crippen LogP contribution in [0.15, 0.2) is 22.6 Å². The number of hydrogen-bond donors (Lipinski definition) is 0. The van der Waals surface area contributed by atoms with Crippen molar-refractivity contribution in [1.82, 2.24) is 19.6 Å². The number of fused-ring (bicyclic) bond motifs is 1. The lowest BCUT2D eigenvalue weighted by molar-refractivity contribution is -0.144. The maximum absolute atomic E-state index is 13.1. The van der Waals surface area contributed by atoms with Gasteiger partial charge in [0.15, 0.2) is 0 Å². The fourth-order valence-corrected chi connectivity index (χ4v) is 3.64. The van der Waals surface area contributed by atoms with Gasteiger partial charge in [-0.2, -0.15) is 22.7 Å². The highest BCUT2D eigenvalue weighted by atomic mass is 19.4. The normalized spacial score (nSPS) is 22.0. The maximum atomic E-state index is 13.1. The first-order valence-corrected chi connectivity index (χ1v) is 9.46. The van der Waals surface area contributed by atoms with Crippen molar-refractivity contribution in [2.45, 2.75) is 57.8 Å². The first-order valence-electron chi connectivity index (χ1n) is 9.46. The van der Waals surface area contributed by atoms with Crippen molar-refractivity contribution < 1.29 is 17.6 Å². The molecule has 0 bridgehead atoms. The summed E-state index contributed by atoms with van der Waals surface area (Å²) in [5.41, 5.74) is 0.598. The van der Waals surface area contributed by atoms with Crippen LogP contribution < -0.4 is 4.90 Å². The van der Waals surface area contributed by atoms with E-state index in [0.717, 1.165) is 30.8 Å². The Morgan fingerprint density at radius 2 is 2.00 bits per heavy atom. The molecule has 2 fully saturated rings. The van der Waals surface area contributed by atoms with E-state index in [9.17, 15) is 13.2 Å². The zero-order valence-electron chi connectivity index (χ0n) is 15.6. The van der Waals surface area contributed by atoms with Crippen molar-refractivity contribution in [3.05, 3.63) is 41.2 Å². The number of furan rings is 1. The SMILES string of the molecule is Cc1cc(N(Cc2ccc([C@@H]3C[C@@H]3C)o2)C2CC2)n2nc(C(F)(F)F)nc2n1. The molecule has 2 atom stereocenters. The summed E-state index contributed by atoms with van der Waals surface area (Å²) in [4.78, 5) is 9.76. The van der Waals surface area contributed by atoms with Gasteiger partial charge in [0.2, 0.25) is 0 Å². The molecule has 2 aliphatic rings. The molecule has 2 aliphatic carbocycles. The van der Waals surface area contributed by atoms with Crippen LogP contribution in [-0.4, -0.2) is 25.6 Å². The van der Waals surface area contributed by atoms with E-state index in [1.165, 1.54) is 4.52 Å². The molecule has 3 aromatic heterocycles. The number of nitrogens with zero attached hydrogens (tertiary/aromatic N) is 5. The van der Waals surface area contributed by atoms with Crippen LogP contribution in [0.1, 0.15) is 55.1 Å². The van der Waals surface area contributed by atoms with Crippen LogP contribution in [0.5, 0.6) is 0 Å². The average molecular weight is 391 g/mol. The molecule has 148 valence electrons. The molecule has 0 amide bonds. The number of aromatic nitrogens is 4. The molecule has 0 saturated heterocycles. The largest absolute Gasteiger partial charge is 0.464 e. The summed E-state index contributed by atoms with van der Waals surface area (Å²) in [6.07, 6.45) is -1.50. The number of rotatable bonds is 5. The molecule has 0 aromatic carbocycles. The first-order chi connectivity index (χ1) is 13.3. The van der Waals surface area contributed by atoms with Crippen LogP contribution >= 0.6 is 0 Å². The second kappa shape index (κ2) is 5.96. The van der Waals surface area contributed by atoms with E-state index < -0.39 is 12.0 Å². The van der Waals surface area contributed by atoms with Crippen LogP contribution in [0.3, 0.4) is 0 Å². The average Bonchev–Trinajstić information content (AvgIpc) is 3.49. The highest BCUT2D eigenvalue weighted by molar-refractivity contribution is 5.49. The third kappa shape index (κ3) is 3.12. The summed E-state index contributed by atoms with van der Waals surface area (Å²) in [6.45, 7) is 4.42. The van der Waals surface area contributed by atoms with Gasteiger partial charge in [-0.15, -0.1) is 5.10 Å². The molecule has 6 nitrogen and oxygen atoms in total. The third-order valence-corrected chi connectivity index (χ3v) is 5.44. The Morgan fingerprint density at radius 1 is 1.25 bits per heavy atom. The van der Waals surface area contributed by atoms with Gasteiger partial charge in [-0.3, -0.25) is 0 Å². The van der Waals surface area contributed by atoms with Gasteiger partial charge in [-0.1, -0.05) is 6.92 Å². The van der Waals surface area contributed by atoms with Gasteiger partial charge in [0.1, 0.15) is 17.3 Å². The predicted molar refractivity (Wildman–Crippen MR) is 95.0 cm³/mol. The Labute approximate surface area is 159 Å². The molecule has 0 radical (unpaired) electrons. The molecule has 28 heavy (non-hydrogen) atoms.